The average molecular weight is 627 g/mol. The molecule has 1 saturated heterocycles. The van der Waals surface area contributed by atoms with Crippen LogP contribution in [0.15, 0.2) is 175 Å². The number of para-hydroxylation sites is 4. The standard InChI is InChI=1S/C42H30N2O4/c45-41-37-38(40(48-41)30-23-27-36(28-24-30)44(33-17-9-3-10-18-33)34-19-11-4-12-20-34)42(46)47-39(37)29-21-25-35(26-22-29)43(31-13-5-1-6-14-31)32-15-7-2-8-16-32/h1-28,37,39H. The van der Waals surface area contributed by atoms with Crippen molar-refractivity contribution in [3.8, 4) is 0 Å². The van der Waals surface area contributed by atoms with Crippen molar-refractivity contribution < 1.29 is 19.1 Å². The number of cyclic esters (lactones) is 2. The number of anilines is 6. The number of fused-ring (bicyclic) bond motifs is 1. The molecule has 1 fully saturated rings. The second-order valence-electron chi connectivity index (χ2n) is 11.6. The first-order chi connectivity index (χ1) is 23.7. The summed E-state index contributed by atoms with van der Waals surface area (Å²) >= 11 is 0. The predicted molar refractivity (Wildman–Crippen MR) is 188 cm³/mol. The maximum atomic E-state index is 13.3. The predicted octanol–water partition coefficient (Wildman–Crippen LogP) is 9.81. The molecule has 0 bridgehead atoms. The summed E-state index contributed by atoms with van der Waals surface area (Å²) in [6, 6.07) is 55.9. The lowest BCUT2D eigenvalue weighted by atomic mass is 9.91. The Hall–Kier alpha value is -6.40. The molecule has 8 rings (SSSR count). The molecule has 2 aliphatic heterocycles. The average Bonchev–Trinajstić information content (AvgIpc) is 3.68. The van der Waals surface area contributed by atoms with Gasteiger partial charge in [-0.05, 0) is 90.5 Å². The molecule has 6 heteroatoms. The monoisotopic (exact) mass is 626 g/mol. The summed E-state index contributed by atoms with van der Waals surface area (Å²) in [5, 5.41) is 0. The van der Waals surface area contributed by atoms with E-state index >= 15 is 0 Å². The van der Waals surface area contributed by atoms with Gasteiger partial charge in [-0.3, -0.25) is 4.79 Å². The van der Waals surface area contributed by atoms with Crippen LogP contribution in [0.25, 0.3) is 5.76 Å². The van der Waals surface area contributed by atoms with Crippen molar-refractivity contribution in [1.29, 1.82) is 0 Å². The summed E-state index contributed by atoms with van der Waals surface area (Å²) in [5.41, 5.74) is 7.53. The molecule has 0 aliphatic carbocycles. The van der Waals surface area contributed by atoms with E-state index in [0.717, 1.165) is 39.7 Å². The van der Waals surface area contributed by atoms with Gasteiger partial charge in [0.25, 0.3) is 0 Å². The van der Waals surface area contributed by atoms with Crippen molar-refractivity contribution in [1.82, 2.24) is 0 Å². The second kappa shape index (κ2) is 12.4. The molecule has 0 spiro atoms. The van der Waals surface area contributed by atoms with Crippen LogP contribution in [-0.2, 0) is 19.1 Å². The van der Waals surface area contributed by atoms with Gasteiger partial charge in [-0.1, -0.05) is 84.9 Å². The molecule has 6 aromatic carbocycles. The van der Waals surface area contributed by atoms with Crippen LogP contribution >= 0.6 is 0 Å². The van der Waals surface area contributed by atoms with Crippen molar-refractivity contribution >= 4 is 51.8 Å². The molecule has 0 aromatic heterocycles. The number of carbonyl (C=O) groups excluding carboxylic acids is 2. The Bertz CT molecular complexity index is 2020. The molecule has 6 nitrogen and oxygen atoms in total. The fourth-order valence-electron chi connectivity index (χ4n) is 6.47. The van der Waals surface area contributed by atoms with Gasteiger partial charge in [0.05, 0.1) is 5.57 Å². The van der Waals surface area contributed by atoms with E-state index in [1.165, 1.54) is 0 Å². The molecular formula is C42H30N2O4. The zero-order valence-electron chi connectivity index (χ0n) is 25.8. The Morgan fingerprint density at radius 1 is 0.438 bits per heavy atom. The number of ether oxygens (including phenoxy) is 2. The van der Waals surface area contributed by atoms with Crippen LogP contribution in [0.5, 0.6) is 0 Å². The fourth-order valence-corrected chi connectivity index (χ4v) is 6.47. The molecule has 2 aliphatic rings. The highest BCUT2D eigenvalue weighted by molar-refractivity contribution is 6.09. The first kappa shape index (κ1) is 29.0. The van der Waals surface area contributed by atoms with Crippen LogP contribution < -0.4 is 9.80 Å². The lowest BCUT2D eigenvalue weighted by molar-refractivity contribution is -0.144. The second-order valence-corrected chi connectivity index (χ2v) is 11.6. The molecule has 0 radical (unpaired) electrons. The van der Waals surface area contributed by atoms with Crippen molar-refractivity contribution in [3.05, 3.63) is 187 Å². The summed E-state index contributed by atoms with van der Waals surface area (Å²) in [7, 11) is 0. The summed E-state index contributed by atoms with van der Waals surface area (Å²) in [6.45, 7) is 0. The maximum Gasteiger partial charge on any atom is 0.339 e. The molecule has 232 valence electrons. The molecule has 2 unspecified atom stereocenters. The van der Waals surface area contributed by atoms with Crippen molar-refractivity contribution in [2.45, 2.75) is 6.10 Å². The summed E-state index contributed by atoms with van der Waals surface area (Å²) in [4.78, 5) is 31.0. The van der Waals surface area contributed by atoms with E-state index in [1.54, 1.807) is 0 Å². The Kier molecular flexibility index (Phi) is 7.51. The molecular weight excluding hydrogens is 596 g/mol. The third kappa shape index (κ3) is 5.29. The number of hydrogen-bond donors (Lipinski definition) is 0. The highest BCUT2D eigenvalue weighted by atomic mass is 16.6. The lowest BCUT2D eigenvalue weighted by Crippen LogP contribution is -2.16. The van der Waals surface area contributed by atoms with Gasteiger partial charge in [-0.15, -0.1) is 0 Å². The SMILES string of the molecule is O=C1OC(c2ccc(N(c3ccccc3)c3ccccc3)cc2)C2C(=O)OC(c3ccc(N(c4ccccc4)c4ccccc4)cc3)=C12. The Morgan fingerprint density at radius 2 is 0.812 bits per heavy atom. The number of esters is 2. The van der Waals surface area contributed by atoms with Gasteiger partial charge in [0.15, 0.2) is 0 Å². The fraction of sp³-hybridized carbons (Fsp3) is 0.0476. The van der Waals surface area contributed by atoms with E-state index in [2.05, 4.69) is 58.3 Å². The molecule has 6 aromatic rings. The highest BCUT2D eigenvalue weighted by Crippen LogP contribution is 2.48. The minimum atomic E-state index is -0.845. The van der Waals surface area contributed by atoms with Crippen LogP contribution in [0.4, 0.5) is 34.1 Å². The third-order valence-corrected chi connectivity index (χ3v) is 8.69. The van der Waals surface area contributed by atoms with E-state index in [0.29, 0.717) is 5.56 Å². The van der Waals surface area contributed by atoms with Gasteiger partial charge < -0.3 is 19.3 Å². The number of nitrogens with zero attached hydrogens (tertiary/aromatic N) is 2. The van der Waals surface area contributed by atoms with Crippen LogP contribution in [0.2, 0.25) is 0 Å². The van der Waals surface area contributed by atoms with E-state index in [4.69, 9.17) is 9.47 Å². The number of carbonyl (C=O) groups is 2. The minimum Gasteiger partial charge on any atom is -0.453 e. The molecule has 2 heterocycles. The summed E-state index contributed by atoms with van der Waals surface area (Å²) in [5.74, 6) is -1.62. The maximum absolute atomic E-state index is 13.3. The van der Waals surface area contributed by atoms with Crippen molar-refractivity contribution in [2.75, 3.05) is 9.80 Å². The minimum absolute atomic E-state index is 0.256. The number of hydrogen-bond acceptors (Lipinski definition) is 6. The first-order valence-electron chi connectivity index (χ1n) is 15.8. The number of rotatable bonds is 8. The van der Waals surface area contributed by atoms with Gasteiger partial charge in [0, 0.05) is 39.7 Å². The third-order valence-electron chi connectivity index (χ3n) is 8.69. The zero-order valence-corrected chi connectivity index (χ0v) is 25.8. The first-order valence-corrected chi connectivity index (χ1v) is 15.8. The zero-order chi connectivity index (χ0) is 32.5. The Labute approximate surface area is 278 Å². The number of benzene rings is 6. The topological polar surface area (TPSA) is 59.1 Å². The van der Waals surface area contributed by atoms with Gasteiger partial charge in [-0.25, -0.2) is 4.79 Å². The van der Waals surface area contributed by atoms with Gasteiger partial charge in [-0.2, -0.15) is 0 Å². The molecule has 48 heavy (non-hydrogen) atoms. The Balaban J connectivity index is 1.09. The lowest BCUT2D eigenvalue weighted by Gasteiger charge is -2.26. The van der Waals surface area contributed by atoms with Crippen molar-refractivity contribution in [2.24, 2.45) is 5.92 Å². The smallest absolute Gasteiger partial charge is 0.339 e. The van der Waals surface area contributed by atoms with Crippen LogP contribution in [0, 0.1) is 5.92 Å². The van der Waals surface area contributed by atoms with Crippen LogP contribution in [0.1, 0.15) is 17.2 Å². The van der Waals surface area contributed by atoms with E-state index < -0.39 is 24.0 Å². The molecule has 2 atom stereocenters. The normalized spacial score (nSPS) is 16.7. The summed E-state index contributed by atoms with van der Waals surface area (Å²) < 4.78 is 11.7. The van der Waals surface area contributed by atoms with Crippen LogP contribution in [-0.4, -0.2) is 11.9 Å². The van der Waals surface area contributed by atoms with Crippen LogP contribution in [0.3, 0.4) is 0 Å². The molecule has 0 N–H and O–H groups in total. The van der Waals surface area contributed by atoms with Gasteiger partial charge in [0.1, 0.15) is 17.8 Å². The molecule has 0 amide bonds. The summed E-state index contributed by atoms with van der Waals surface area (Å²) in [6.07, 6.45) is -0.778. The van der Waals surface area contributed by atoms with Gasteiger partial charge >= 0.3 is 11.9 Å². The van der Waals surface area contributed by atoms with E-state index in [1.807, 2.05) is 121 Å². The largest absolute Gasteiger partial charge is 0.453 e. The molecule has 0 saturated carbocycles. The van der Waals surface area contributed by atoms with E-state index in [9.17, 15) is 9.59 Å². The quantitative estimate of drug-likeness (QED) is 0.157. The highest BCUT2D eigenvalue weighted by Gasteiger charge is 2.53. The Morgan fingerprint density at radius 3 is 1.23 bits per heavy atom. The van der Waals surface area contributed by atoms with E-state index in [-0.39, 0.29) is 11.3 Å². The van der Waals surface area contributed by atoms with Crippen molar-refractivity contribution in [3.63, 3.8) is 0 Å². The van der Waals surface area contributed by atoms with Gasteiger partial charge in [0.2, 0.25) is 0 Å².